The predicted molar refractivity (Wildman–Crippen MR) is 69.7 cm³/mol. The van der Waals surface area contributed by atoms with E-state index in [1.165, 1.54) is 18.2 Å². The highest BCUT2D eigenvalue weighted by Gasteiger charge is 2.16. The van der Waals surface area contributed by atoms with Crippen LogP contribution in [-0.2, 0) is 4.79 Å². The van der Waals surface area contributed by atoms with Crippen molar-refractivity contribution < 1.29 is 9.72 Å². The highest BCUT2D eigenvalue weighted by molar-refractivity contribution is 9.09. The van der Waals surface area contributed by atoms with E-state index >= 15 is 0 Å². The molecule has 0 aromatic heterocycles. The number of nitrogens with zero attached hydrogens (tertiary/aromatic N) is 1. The van der Waals surface area contributed by atoms with Crippen molar-refractivity contribution in [1.82, 2.24) is 0 Å². The lowest BCUT2D eigenvalue weighted by Gasteiger charge is -2.07. The molecular weight excluding hydrogens is 311 g/mol. The van der Waals surface area contributed by atoms with E-state index in [0.717, 1.165) is 0 Å². The second kappa shape index (κ2) is 5.97. The molecule has 92 valence electrons. The van der Waals surface area contributed by atoms with E-state index in [9.17, 15) is 14.9 Å². The lowest BCUT2D eigenvalue weighted by Crippen LogP contribution is -2.15. The van der Waals surface area contributed by atoms with E-state index in [2.05, 4.69) is 21.2 Å². The maximum atomic E-state index is 11.5. The highest BCUT2D eigenvalue weighted by atomic mass is 79.9. The summed E-state index contributed by atoms with van der Waals surface area (Å²) in [5, 5.41) is 13.5. The number of carbonyl (C=O) groups is 1. The number of nitro groups is 1. The van der Waals surface area contributed by atoms with E-state index in [4.69, 9.17) is 11.6 Å². The number of nitrogens with one attached hydrogen (secondary N) is 1. The van der Waals surface area contributed by atoms with Crippen LogP contribution in [0, 0.1) is 10.1 Å². The topological polar surface area (TPSA) is 72.2 Å². The quantitative estimate of drug-likeness (QED) is 0.525. The van der Waals surface area contributed by atoms with Crippen LogP contribution in [0.25, 0.3) is 0 Å². The lowest BCUT2D eigenvalue weighted by molar-refractivity contribution is -0.383. The Balaban J connectivity index is 2.91. The second-order valence-corrected chi connectivity index (χ2v) is 5.45. The van der Waals surface area contributed by atoms with Crippen LogP contribution in [0.3, 0.4) is 0 Å². The number of anilines is 1. The van der Waals surface area contributed by atoms with Crippen LogP contribution in [0.1, 0.15) is 13.3 Å². The number of hydrogen-bond acceptors (Lipinski definition) is 3. The third-order valence-corrected chi connectivity index (χ3v) is 2.46. The number of carbonyl (C=O) groups excluding carboxylic acids is 1. The molecule has 0 spiro atoms. The standard InChI is InChI=1S/C10H10BrClN2O3/c1-6(11)4-10(15)13-8-3-2-7(12)5-9(8)14(16)17/h2-3,5-6H,4H2,1H3,(H,13,15)/t6-/m0/s1. The summed E-state index contributed by atoms with van der Waals surface area (Å²) in [5.41, 5.74) is -0.0642. The van der Waals surface area contributed by atoms with Gasteiger partial charge in [-0.05, 0) is 12.1 Å². The molecule has 0 bridgehead atoms. The van der Waals surface area contributed by atoms with Gasteiger partial charge in [-0.25, -0.2) is 0 Å². The molecule has 1 rings (SSSR count). The monoisotopic (exact) mass is 320 g/mol. The molecule has 0 fully saturated rings. The van der Waals surface area contributed by atoms with Crippen molar-refractivity contribution in [1.29, 1.82) is 0 Å². The first-order valence-corrected chi connectivity index (χ1v) is 6.07. The summed E-state index contributed by atoms with van der Waals surface area (Å²) in [6.45, 7) is 1.82. The van der Waals surface area contributed by atoms with Crippen LogP contribution in [0.4, 0.5) is 11.4 Å². The molecule has 5 nitrogen and oxygen atoms in total. The first-order chi connectivity index (χ1) is 7.90. The molecule has 0 saturated carbocycles. The van der Waals surface area contributed by atoms with Gasteiger partial charge in [-0.2, -0.15) is 0 Å². The van der Waals surface area contributed by atoms with Gasteiger partial charge in [-0.3, -0.25) is 14.9 Å². The van der Waals surface area contributed by atoms with E-state index in [1.54, 1.807) is 0 Å². The van der Waals surface area contributed by atoms with Crippen molar-refractivity contribution in [3.05, 3.63) is 33.3 Å². The molecule has 1 amide bonds. The Morgan fingerprint density at radius 3 is 2.82 bits per heavy atom. The van der Waals surface area contributed by atoms with Gasteiger partial charge in [0.1, 0.15) is 5.69 Å². The summed E-state index contributed by atoms with van der Waals surface area (Å²) in [6, 6.07) is 4.10. The Bertz CT molecular complexity index is 451. The van der Waals surface area contributed by atoms with Crippen molar-refractivity contribution >= 4 is 44.8 Å². The fourth-order valence-electron chi connectivity index (χ4n) is 1.22. The third-order valence-electron chi connectivity index (χ3n) is 1.90. The molecule has 0 unspecified atom stereocenters. The van der Waals surface area contributed by atoms with E-state index in [-0.39, 0.29) is 33.6 Å². The van der Waals surface area contributed by atoms with Gasteiger partial charge in [0.2, 0.25) is 5.91 Å². The summed E-state index contributed by atoms with van der Waals surface area (Å²) in [7, 11) is 0. The third kappa shape index (κ3) is 4.32. The van der Waals surface area contributed by atoms with Crippen molar-refractivity contribution in [2.45, 2.75) is 18.2 Å². The zero-order valence-electron chi connectivity index (χ0n) is 8.94. The number of nitro benzene ring substituents is 1. The molecule has 0 aliphatic rings. The molecule has 0 aliphatic carbocycles. The molecule has 1 aromatic rings. The average molecular weight is 322 g/mol. The van der Waals surface area contributed by atoms with Gasteiger partial charge in [0.05, 0.1) is 4.92 Å². The minimum absolute atomic E-state index is 0.00820. The van der Waals surface area contributed by atoms with Crippen LogP contribution in [0.2, 0.25) is 5.02 Å². The summed E-state index contributed by atoms with van der Waals surface area (Å²) in [5.74, 6) is -0.292. The van der Waals surface area contributed by atoms with E-state index in [0.29, 0.717) is 0 Å². The Morgan fingerprint density at radius 1 is 1.65 bits per heavy atom. The SMILES string of the molecule is C[C@H](Br)CC(=O)Nc1ccc(Cl)cc1[N+](=O)[O-]. The predicted octanol–water partition coefficient (Wildman–Crippen LogP) is 3.36. The summed E-state index contributed by atoms with van der Waals surface area (Å²) >= 11 is 8.89. The van der Waals surface area contributed by atoms with Gasteiger partial charge < -0.3 is 5.32 Å². The van der Waals surface area contributed by atoms with Gasteiger partial charge >= 0.3 is 0 Å². The van der Waals surface area contributed by atoms with Gasteiger partial charge in [0.25, 0.3) is 5.69 Å². The fraction of sp³-hybridized carbons (Fsp3) is 0.300. The fourth-order valence-corrected chi connectivity index (χ4v) is 1.68. The molecular formula is C10H10BrClN2O3. The Morgan fingerprint density at radius 2 is 2.29 bits per heavy atom. The number of hydrogen-bond donors (Lipinski definition) is 1. The lowest BCUT2D eigenvalue weighted by atomic mass is 10.2. The van der Waals surface area contributed by atoms with Crippen LogP contribution < -0.4 is 5.32 Å². The first-order valence-electron chi connectivity index (χ1n) is 4.78. The minimum atomic E-state index is -0.584. The highest BCUT2D eigenvalue weighted by Crippen LogP contribution is 2.27. The van der Waals surface area contributed by atoms with Gasteiger partial charge in [-0.15, -0.1) is 0 Å². The number of halogens is 2. The molecule has 0 saturated heterocycles. The van der Waals surface area contributed by atoms with Crippen LogP contribution in [0.5, 0.6) is 0 Å². The minimum Gasteiger partial charge on any atom is -0.320 e. The molecule has 0 aliphatic heterocycles. The van der Waals surface area contributed by atoms with Crippen molar-refractivity contribution in [2.24, 2.45) is 0 Å². The van der Waals surface area contributed by atoms with Gasteiger partial charge in [-0.1, -0.05) is 34.5 Å². The van der Waals surface area contributed by atoms with Crippen molar-refractivity contribution in [2.75, 3.05) is 5.32 Å². The maximum absolute atomic E-state index is 11.5. The molecule has 1 aromatic carbocycles. The number of alkyl halides is 1. The van der Waals surface area contributed by atoms with Crippen LogP contribution >= 0.6 is 27.5 Å². The first kappa shape index (κ1) is 13.9. The molecule has 17 heavy (non-hydrogen) atoms. The summed E-state index contributed by atoms with van der Waals surface area (Å²) < 4.78 is 0. The Hall–Kier alpha value is -1.14. The second-order valence-electron chi connectivity index (χ2n) is 3.45. The Labute approximate surface area is 111 Å². The van der Waals surface area contributed by atoms with Crippen LogP contribution in [0.15, 0.2) is 18.2 Å². The number of benzene rings is 1. The Kier molecular flexibility index (Phi) is 4.89. The molecule has 0 heterocycles. The number of amides is 1. The molecule has 1 N–H and O–H groups in total. The summed E-state index contributed by atoms with van der Waals surface area (Å²) in [4.78, 5) is 21.7. The smallest absolute Gasteiger partial charge is 0.294 e. The zero-order chi connectivity index (χ0) is 13.0. The molecule has 0 radical (unpaired) electrons. The maximum Gasteiger partial charge on any atom is 0.294 e. The number of rotatable bonds is 4. The van der Waals surface area contributed by atoms with Gasteiger partial charge in [0.15, 0.2) is 0 Å². The van der Waals surface area contributed by atoms with E-state index < -0.39 is 4.92 Å². The van der Waals surface area contributed by atoms with Gasteiger partial charge in [0, 0.05) is 22.3 Å². The molecule has 7 heteroatoms. The van der Waals surface area contributed by atoms with E-state index in [1.807, 2.05) is 6.92 Å². The largest absolute Gasteiger partial charge is 0.320 e. The zero-order valence-corrected chi connectivity index (χ0v) is 11.3. The average Bonchev–Trinajstić information content (AvgIpc) is 2.19. The van der Waals surface area contributed by atoms with Crippen molar-refractivity contribution in [3.63, 3.8) is 0 Å². The van der Waals surface area contributed by atoms with Crippen LogP contribution in [-0.4, -0.2) is 15.7 Å². The summed E-state index contributed by atoms with van der Waals surface area (Å²) in [6.07, 6.45) is 0.236. The van der Waals surface area contributed by atoms with Crippen molar-refractivity contribution in [3.8, 4) is 0 Å². The normalized spacial score (nSPS) is 11.9. The molecule has 1 atom stereocenters.